The number of carbonyl (C=O) groups is 1. The van der Waals surface area contributed by atoms with E-state index in [-0.39, 0.29) is 29.7 Å². The van der Waals surface area contributed by atoms with E-state index < -0.39 is 12.3 Å². The fourth-order valence-corrected chi connectivity index (χ4v) is 4.41. The molecule has 0 amide bonds. The summed E-state index contributed by atoms with van der Waals surface area (Å²) in [6.45, 7) is 0.783. The van der Waals surface area contributed by atoms with Crippen LogP contribution in [0.3, 0.4) is 0 Å². The predicted octanol–water partition coefficient (Wildman–Crippen LogP) is 4.64. The van der Waals surface area contributed by atoms with Crippen LogP contribution in [0.25, 0.3) is 33.7 Å². The summed E-state index contributed by atoms with van der Waals surface area (Å²) in [5.74, 6) is -0.472. The van der Waals surface area contributed by atoms with E-state index in [1.54, 1.807) is 0 Å². The van der Waals surface area contributed by atoms with Crippen LogP contribution >= 0.6 is 0 Å². The molecule has 0 radical (unpaired) electrons. The van der Waals surface area contributed by atoms with Crippen molar-refractivity contribution in [3.8, 4) is 34.3 Å². The Bertz CT molecular complexity index is 1390. The predicted molar refractivity (Wildman–Crippen MR) is 106 cm³/mol. The summed E-state index contributed by atoms with van der Waals surface area (Å²) >= 11 is 0. The number of aryl methyl sites for hydroxylation is 1. The van der Waals surface area contributed by atoms with E-state index in [2.05, 4.69) is 24.2 Å². The first-order valence-corrected chi connectivity index (χ1v) is 9.96. The zero-order chi connectivity index (χ0) is 22.0. The van der Waals surface area contributed by atoms with Crippen LogP contribution in [0.4, 0.5) is 8.78 Å². The van der Waals surface area contributed by atoms with Gasteiger partial charge in [0.05, 0.1) is 6.42 Å². The van der Waals surface area contributed by atoms with Crippen LogP contribution in [0, 0.1) is 0 Å². The molecule has 2 aliphatic rings. The van der Waals surface area contributed by atoms with Crippen molar-refractivity contribution in [3.63, 3.8) is 0 Å². The third-order valence-corrected chi connectivity index (χ3v) is 5.81. The Labute approximate surface area is 179 Å². The lowest BCUT2D eigenvalue weighted by Crippen LogP contribution is -2.25. The van der Waals surface area contributed by atoms with Gasteiger partial charge in [-0.1, -0.05) is 5.16 Å². The van der Waals surface area contributed by atoms with Crippen molar-refractivity contribution in [3.05, 3.63) is 48.2 Å². The molecule has 0 fully saturated rings. The summed E-state index contributed by atoms with van der Waals surface area (Å²) in [6.07, 6.45) is -2.77. The minimum atomic E-state index is -3.70. The lowest BCUT2D eigenvalue weighted by Gasteiger charge is -2.04. The number of ether oxygens (including phenoxy) is 2. The number of rotatable bonds is 4. The number of hydrogen-bond donors (Lipinski definition) is 1. The molecule has 6 rings (SSSR count). The van der Waals surface area contributed by atoms with Crippen LogP contribution < -0.4 is 9.47 Å². The van der Waals surface area contributed by atoms with Crippen molar-refractivity contribution in [1.29, 1.82) is 0 Å². The molecule has 2 aliphatic heterocycles. The number of nitrogens with zero attached hydrogens (tertiary/aromatic N) is 3. The summed E-state index contributed by atoms with van der Waals surface area (Å²) in [5.41, 5.74) is 3.19. The van der Waals surface area contributed by atoms with Gasteiger partial charge in [0.2, 0.25) is 5.82 Å². The first-order valence-electron chi connectivity index (χ1n) is 9.96. The first-order chi connectivity index (χ1) is 15.4. The van der Waals surface area contributed by atoms with Gasteiger partial charge in [-0.05, 0) is 48.9 Å². The van der Waals surface area contributed by atoms with Crippen molar-refractivity contribution in [2.45, 2.75) is 31.6 Å². The molecule has 2 aromatic carbocycles. The topological polar surface area (TPSA) is 99.6 Å². The Morgan fingerprint density at radius 2 is 1.94 bits per heavy atom. The molecule has 2 aromatic heterocycles. The van der Waals surface area contributed by atoms with Gasteiger partial charge < -0.3 is 23.7 Å². The molecular formula is C22H15F2N3O5. The Kier molecular flexibility index (Phi) is 3.83. The minimum Gasteiger partial charge on any atom is -0.481 e. The van der Waals surface area contributed by atoms with Crippen LogP contribution in [0.5, 0.6) is 11.5 Å². The molecule has 4 aromatic rings. The largest absolute Gasteiger partial charge is 0.586 e. The molecule has 8 nitrogen and oxygen atoms in total. The van der Waals surface area contributed by atoms with E-state index in [4.69, 9.17) is 9.63 Å². The van der Waals surface area contributed by atoms with E-state index >= 15 is 0 Å². The molecule has 1 unspecified atom stereocenters. The number of carboxylic acid groups (broad SMARTS) is 1. The van der Waals surface area contributed by atoms with Gasteiger partial charge in [-0.2, -0.15) is 4.98 Å². The smallest absolute Gasteiger partial charge is 0.481 e. The molecular weight excluding hydrogens is 424 g/mol. The van der Waals surface area contributed by atoms with E-state index in [0.717, 1.165) is 35.1 Å². The number of aliphatic carboxylic acids is 1. The number of fused-ring (bicyclic) bond motifs is 4. The molecule has 1 N–H and O–H groups in total. The standard InChI is InChI=1S/C22H15F2N3O5/c23-22(24)30-17-4-2-13(9-18(17)31-22)21-25-20(26-32-21)12-1-3-15-14(7-12)8-16-11(10-19(28)29)5-6-27(15)16/h1-4,7-9,11H,5-6,10H2,(H,28,29). The number of carboxylic acids is 1. The van der Waals surface area contributed by atoms with E-state index in [1.165, 1.54) is 18.2 Å². The lowest BCUT2D eigenvalue weighted by molar-refractivity contribution is -0.286. The first kappa shape index (κ1) is 18.8. The Balaban J connectivity index is 1.31. The van der Waals surface area contributed by atoms with Crippen LogP contribution in [-0.4, -0.2) is 32.1 Å². The van der Waals surface area contributed by atoms with E-state index in [0.29, 0.717) is 11.4 Å². The number of benzene rings is 2. The highest BCUT2D eigenvalue weighted by molar-refractivity contribution is 5.86. The maximum Gasteiger partial charge on any atom is 0.586 e. The third-order valence-electron chi connectivity index (χ3n) is 5.81. The highest BCUT2D eigenvalue weighted by atomic mass is 19.3. The fourth-order valence-electron chi connectivity index (χ4n) is 4.41. The molecule has 0 spiro atoms. The molecule has 0 bridgehead atoms. The molecule has 0 aliphatic carbocycles. The van der Waals surface area contributed by atoms with Crippen molar-refractivity contribution >= 4 is 16.9 Å². The lowest BCUT2D eigenvalue weighted by atomic mass is 10.0. The van der Waals surface area contributed by atoms with Gasteiger partial charge in [-0.3, -0.25) is 4.79 Å². The Hall–Kier alpha value is -3.95. The zero-order valence-electron chi connectivity index (χ0n) is 16.4. The maximum atomic E-state index is 13.2. The Morgan fingerprint density at radius 1 is 1.12 bits per heavy atom. The average molecular weight is 439 g/mol. The van der Waals surface area contributed by atoms with Gasteiger partial charge in [0, 0.05) is 40.2 Å². The van der Waals surface area contributed by atoms with Crippen molar-refractivity contribution in [2.24, 2.45) is 0 Å². The molecule has 0 saturated carbocycles. The van der Waals surface area contributed by atoms with Gasteiger partial charge in [-0.25, -0.2) is 0 Å². The second kappa shape index (κ2) is 6.52. The monoisotopic (exact) mass is 439 g/mol. The van der Waals surface area contributed by atoms with Crippen LogP contribution in [0.1, 0.15) is 24.5 Å². The van der Waals surface area contributed by atoms with Gasteiger partial charge in [0.25, 0.3) is 5.89 Å². The average Bonchev–Trinajstić information content (AvgIpc) is 3.48. The third kappa shape index (κ3) is 2.98. The summed E-state index contributed by atoms with van der Waals surface area (Å²) < 4.78 is 42.8. The Morgan fingerprint density at radius 3 is 2.78 bits per heavy atom. The van der Waals surface area contributed by atoms with Crippen LogP contribution in [0.2, 0.25) is 0 Å². The maximum absolute atomic E-state index is 13.2. The van der Waals surface area contributed by atoms with Crippen molar-refractivity contribution in [2.75, 3.05) is 0 Å². The summed E-state index contributed by atoms with van der Waals surface area (Å²) in [7, 11) is 0. The van der Waals surface area contributed by atoms with Gasteiger partial charge >= 0.3 is 12.3 Å². The van der Waals surface area contributed by atoms with Crippen molar-refractivity contribution < 1.29 is 32.7 Å². The summed E-state index contributed by atoms with van der Waals surface area (Å²) in [5, 5.41) is 14.1. The van der Waals surface area contributed by atoms with Gasteiger partial charge in [0.1, 0.15) is 0 Å². The molecule has 10 heteroatoms. The molecule has 32 heavy (non-hydrogen) atoms. The van der Waals surface area contributed by atoms with Crippen LogP contribution in [-0.2, 0) is 11.3 Å². The van der Waals surface area contributed by atoms with Gasteiger partial charge in [0.15, 0.2) is 11.5 Å². The van der Waals surface area contributed by atoms with E-state index in [9.17, 15) is 13.6 Å². The number of alkyl halides is 2. The highest BCUT2D eigenvalue weighted by Gasteiger charge is 2.43. The molecule has 1 atom stereocenters. The molecule has 4 heterocycles. The number of aromatic nitrogens is 3. The molecule has 0 saturated heterocycles. The second-order valence-corrected chi connectivity index (χ2v) is 7.83. The quantitative estimate of drug-likeness (QED) is 0.494. The number of hydrogen-bond acceptors (Lipinski definition) is 6. The highest BCUT2D eigenvalue weighted by Crippen LogP contribution is 2.43. The summed E-state index contributed by atoms with van der Waals surface area (Å²) in [4.78, 5) is 15.5. The van der Waals surface area contributed by atoms with Crippen LogP contribution in [0.15, 0.2) is 47.0 Å². The fraction of sp³-hybridized carbons (Fsp3) is 0.227. The second-order valence-electron chi connectivity index (χ2n) is 7.83. The van der Waals surface area contributed by atoms with E-state index in [1.807, 2.05) is 24.3 Å². The normalized spacial score (nSPS) is 18.2. The minimum absolute atomic E-state index is 0.00138. The molecule has 162 valence electrons. The zero-order valence-corrected chi connectivity index (χ0v) is 16.4. The summed E-state index contributed by atoms with van der Waals surface area (Å²) in [6, 6.07) is 12.0. The number of halogens is 2. The van der Waals surface area contributed by atoms with Gasteiger partial charge in [-0.15, -0.1) is 8.78 Å². The van der Waals surface area contributed by atoms with Crippen molar-refractivity contribution in [1.82, 2.24) is 14.7 Å². The SMILES string of the molecule is O=C(O)CC1CCn2c1cc1cc(-c3noc(-c4ccc5c(c4)OC(F)(F)O5)n3)ccc12.